The molecule has 3 rings (SSSR count). The number of rotatable bonds is 3. The predicted molar refractivity (Wildman–Crippen MR) is 107 cm³/mol. The first-order valence-corrected chi connectivity index (χ1v) is 9.52. The van der Waals surface area contributed by atoms with E-state index in [0.29, 0.717) is 28.4 Å². The van der Waals surface area contributed by atoms with Gasteiger partial charge in [0.25, 0.3) is 0 Å². The summed E-state index contributed by atoms with van der Waals surface area (Å²) >= 11 is 12.4. The summed E-state index contributed by atoms with van der Waals surface area (Å²) in [6, 6.07) is 6.03. The van der Waals surface area contributed by atoms with Crippen molar-refractivity contribution in [1.29, 1.82) is 0 Å². The smallest absolute Gasteiger partial charge is 0.222 e. The molecule has 0 radical (unpaired) electrons. The number of benzene rings is 1. The van der Waals surface area contributed by atoms with Gasteiger partial charge in [0.15, 0.2) is 0 Å². The third-order valence-corrected chi connectivity index (χ3v) is 6.07. The van der Waals surface area contributed by atoms with E-state index < -0.39 is 0 Å². The molecule has 1 heterocycles. The van der Waals surface area contributed by atoms with Crippen molar-refractivity contribution in [2.75, 3.05) is 31.1 Å². The van der Waals surface area contributed by atoms with Crippen molar-refractivity contribution in [3.63, 3.8) is 0 Å². The first-order chi connectivity index (χ1) is 11.5. The molecule has 4 nitrogen and oxygen atoms in total. The average Bonchev–Trinajstić information content (AvgIpc) is 2.59. The van der Waals surface area contributed by atoms with Crippen LogP contribution >= 0.6 is 35.6 Å². The number of amides is 1. The summed E-state index contributed by atoms with van der Waals surface area (Å²) in [5, 5.41) is 1.17. The molecule has 2 aliphatic rings. The van der Waals surface area contributed by atoms with E-state index in [0.717, 1.165) is 57.5 Å². The molecule has 2 N–H and O–H groups in total. The number of carbonyl (C=O) groups excluding carboxylic acids is 1. The number of nitrogens with two attached hydrogens (primary N) is 1. The maximum Gasteiger partial charge on any atom is 0.222 e. The third kappa shape index (κ3) is 5.16. The van der Waals surface area contributed by atoms with Gasteiger partial charge in [-0.05, 0) is 43.7 Å². The summed E-state index contributed by atoms with van der Waals surface area (Å²) in [7, 11) is 0. The number of hydrogen-bond acceptors (Lipinski definition) is 3. The molecular weight excluding hydrogens is 381 g/mol. The van der Waals surface area contributed by atoms with Gasteiger partial charge in [-0.3, -0.25) is 4.79 Å². The summed E-state index contributed by atoms with van der Waals surface area (Å²) in [6.45, 7) is 3.07. The standard InChI is InChI=1S/C18H25Cl2N3O.ClH/c19-15-2-1-3-16(18(15)20)22-8-10-23(11-9-22)17(24)12-13-4-6-14(21)7-5-13;/h1-3,13-14H,4-12,21H2;1H/t13-,14-;. The summed E-state index contributed by atoms with van der Waals surface area (Å²) < 4.78 is 0. The Labute approximate surface area is 166 Å². The number of anilines is 1. The Morgan fingerprint density at radius 1 is 1.08 bits per heavy atom. The molecule has 1 saturated heterocycles. The number of hydrogen-bond donors (Lipinski definition) is 1. The quantitative estimate of drug-likeness (QED) is 0.826. The Bertz CT molecular complexity index is 583. The van der Waals surface area contributed by atoms with Crippen LogP contribution in [0.1, 0.15) is 32.1 Å². The highest BCUT2D eigenvalue weighted by Crippen LogP contribution is 2.33. The molecule has 1 saturated carbocycles. The Hall–Kier alpha value is -0.680. The van der Waals surface area contributed by atoms with E-state index in [9.17, 15) is 4.79 Å². The molecule has 1 aliphatic heterocycles. The number of piperazine rings is 1. The van der Waals surface area contributed by atoms with Gasteiger partial charge >= 0.3 is 0 Å². The highest BCUT2D eigenvalue weighted by Gasteiger charge is 2.26. The van der Waals surface area contributed by atoms with Crippen LogP contribution in [0.2, 0.25) is 10.0 Å². The first-order valence-electron chi connectivity index (χ1n) is 8.77. The van der Waals surface area contributed by atoms with Crippen molar-refractivity contribution in [3.05, 3.63) is 28.2 Å². The van der Waals surface area contributed by atoms with Crippen LogP contribution < -0.4 is 10.6 Å². The SMILES string of the molecule is Cl.N[C@H]1CC[C@H](CC(=O)N2CCN(c3cccc(Cl)c3Cl)CC2)CC1. The van der Waals surface area contributed by atoms with E-state index >= 15 is 0 Å². The maximum atomic E-state index is 12.5. The largest absolute Gasteiger partial charge is 0.367 e. The van der Waals surface area contributed by atoms with Gasteiger partial charge in [-0.15, -0.1) is 12.4 Å². The fourth-order valence-corrected chi connectivity index (χ4v) is 4.12. The monoisotopic (exact) mass is 405 g/mol. The molecule has 1 aromatic carbocycles. The van der Waals surface area contributed by atoms with Crippen molar-refractivity contribution in [2.24, 2.45) is 11.7 Å². The van der Waals surface area contributed by atoms with E-state index in [1.54, 1.807) is 6.07 Å². The van der Waals surface area contributed by atoms with Gasteiger partial charge in [0, 0.05) is 38.6 Å². The predicted octanol–water partition coefficient (Wildman–Crippen LogP) is 3.97. The van der Waals surface area contributed by atoms with Gasteiger partial charge in [-0.2, -0.15) is 0 Å². The van der Waals surface area contributed by atoms with Crippen LogP contribution in [-0.4, -0.2) is 43.0 Å². The second kappa shape index (κ2) is 9.31. The van der Waals surface area contributed by atoms with E-state index in [1.807, 2.05) is 17.0 Å². The lowest BCUT2D eigenvalue weighted by molar-refractivity contribution is -0.132. The minimum Gasteiger partial charge on any atom is -0.367 e. The topological polar surface area (TPSA) is 49.6 Å². The first kappa shape index (κ1) is 20.6. The molecule has 0 bridgehead atoms. The Kier molecular flexibility index (Phi) is 7.68. The van der Waals surface area contributed by atoms with Crippen molar-refractivity contribution in [3.8, 4) is 0 Å². The lowest BCUT2D eigenvalue weighted by Crippen LogP contribution is -2.49. The molecule has 0 aromatic heterocycles. The molecule has 1 amide bonds. The summed E-state index contributed by atoms with van der Waals surface area (Å²) in [5.41, 5.74) is 6.90. The summed E-state index contributed by atoms with van der Waals surface area (Å²) in [4.78, 5) is 16.7. The van der Waals surface area contributed by atoms with Crippen LogP contribution in [0, 0.1) is 5.92 Å². The van der Waals surface area contributed by atoms with E-state index in [-0.39, 0.29) is 18.3 Å². The van der Waals surface area contributed by atoms with E-state index in [2.05, 4.69) is 4.90 Å². The summed E-state index contributed by atoms with van der Waals surface area (Å²) in [6.07, 6.45) is 4.96. The molecule has 0 unspecified atom stereocenters. The zero-order valence-electron chi connectivity index (χ0n) is 14.3. The number of halogens is 3. The average molecular weight is 407 g/mol. The molecule has 140 valence electrons. The van der Waals surface area contributed by atoms with Gasteiger partial charge in [0.2, 0.25) is 5.91 Å². The summed E-state index contributed by atoms with van der Waals surface area (Å²) in [5.74, 6) is 0.796. The molecule has 0 spiro atoms. The molecular formula is C18H26Cl3N3O. The van der Waals surface area contributed by atoms with Crippen LogP contribution in [-0.2, 0) is 4.79 Å². The van der Waals surface area contributed by atoms with Crippen LogP contribution in [0.3, 0.4) is 0 Å². The Balaban J connectivity index is 0.00000225. The number of nitrogens with zero attached hydrogens (tertiary/aromatic N) is 2. The van der Waals surface area contributed by atoms with Crippen molar-refractivity contribution >= 4 is 47.2 Å². The second-order valence-corrected chi connectivity index (χ2v) is 7.71. The zero-order valence-corrected chi connectivity index (χ0v) is 16.6. The Morgan fingerprint density at radius 2 is 1.72 bits per heavy atom. The third-order valence-electron chi connectivity index (χ3n) is 5.26. The van der Waals surface area contributed by atoms with Crippen molar-refractivity contribution in [1.82, 2.24) is 4.90 Å². The fraction of sp³-hybridized carbons (Fsp3) is 0.611. The second-order valence-electron chi connectivity index (χ2n) is 6.93. The van der Waals surface area contributed by atoms with Gasteiger partial charge in [-0.25, -0.2) is 0 Å². The highest BCUT2D eigenvalue weighted by molar-refractivity contribution is 6.43. The molecule has 7 heteroatoms. The van der Waals surface area contributed by atoms with Gasteiger partial charge in [0.1, 0.15) is 0 Å². The zero-order chi connectivity index (χ0) is 17.1. The van der Waals surface area contributed by atoms with Crippen molar-refractivity contribution in [2.45, 2.75) is 38.1 Å². The lowest BCUT2D eigenvalue weighted by Gasteiger charge is -2.37. The Morgan fingerprint density at radius 3 is 2.36 bits per heavy atom. The van der Waals surface area contributed by atoms with Crippen LogP contribution in [0.5, 0.6) is 0 Å². The van der Waals surface area contributed by atoms with Crippen LogP contribution in [0.25, 0.3) is 0 Å². The normalized spacial score (nSPS) is 24.0. The molecule has 1 aliphatic carbocycles. The minimum atomic E-state index is 0. The van der Waals surface area contributed by atoms with Crippen LogP contribution in [0.4, 0.5) is 5.69 Å². The molecule has 2 fully saturated rings. The fourth-order valence-electron chi connectivity index (χ4n) is 3.70. The van der Waals surface area contributed by atoms with Crippen LogP contribution in [0.15, 0.2) is 18.2 Å². The van der Waals surface area contributed by atoms with Gasteiger partial charge in [0.05, 0.1) is 15.7 Å². The van der Waals surface area contributed by atoms with Gasteiger partial charge < -0.3 is 15.5 Å². The maximum absolute atomic E-state index is 12.5. The lowest BCUT2D eigenvalue weighted by atomic mass is 9.84. The van der Waals surface area contributed by atoms with E-state index in [1.165, 1.54) is 0 Å². The highest BCUT2D eigenvalue weighted by atomic mass is 35.5. The van der Waals surface area contributed by atoms with Gasteiger partial charge in [-0.1, -0.05) is 29.3 Å². The number of carbonyl (C=O) groups is 1. The molecule has 1 aromatic rings. The van der Waals surface area contributed by atoms with Crippen molar-refractivity contribution < 1.29 is 4.79 Å². The molecule has 0 atom stereocenters. The van der Waals surface area contributed by atoms with E-state index in [4.69, 9.17) is 28.9 Å². The molecule has 25 heavy (non-hydrogen) atoms. The minimum absolute atomic E-state index is 0.